The van der Waals surface area contributed by atoms with Gasteiger partial charge in [0.05, 0.1) is 6.10 Å². The monoisotopic (exact) mass is 239 g/mol. The van der Waals surface area contributed by atoms with E-state index < -0.39 is 6.10 Å². The largest absolute Gasteiger partial charge is 0.387 e. The van der Waals surface area contributed by atoms with Crippen LogP contribution in [0.25, 0.3) is 0 Å². The average Bonchev–Trinajstić information content (AvgIpc) is 2.14. The molecule has 0 saturated heterocycles. The maximum Gasteiger partial charge on any atom is 0.129 e. The highest BCUT2D eigenvalue weighted by Gasteiger charge is 2.15. The Morgan fingerprint density at radius 3 is 2.41 bits per heavy atom. The summed E-state index contributed by atoms with van der Waals surface area (Å²) in [4.78, 5) is 0. The highest BCUT2D eigenvalue weighted by Crippen LogP contribution is 2.22. The topological polar surface area (TPSA) is 32.3 Å². The zero-order valence-corrected chi connectivity index (χ0v) is 11.0. The Kier molecular flexibility index (Phi) is 5.09. The van der Waals surface area contributed by atoms with E-state index >= 15 is 0 Å². The van der Waals surface area contributed by atoms with E-state index in [-0.39, 0.29) is 5.82 Å². The fourth-order valence-corrected chi connectivity index (χ4v) is 1.96. The minimum atomic E-state index is -0.783. The lowest BCUT2D eigenvalue weighted by molar-refractivity contribution is 0.168. The van der Waals surface area contributed by atoms with Gasteiger partial charge in [-0.2, -0.15) is 0 Å². The minimum Gasteiger partial charge on any atom is -0.387 e. The van der Waals surface area contributed by atoms with Gasteiger partial charge in [-0.15, -0.1) is 0 Å². The van der Waals surface area contributed by atoms with Crippen molar-refractivity contribution in [1.82, 2.24) is 5.32 Å². The lowest BCUT2D eigenvalue weighted by Gasteiger charge is -2.17. The van der Waals surface area contributed by atoms with Crippen LogP contribution in [-0.2, 0) is 0 Å². The van der Waals surface area contributed by atoms with E-state index in [0.29, 0.717) is 18.0 Å². The normalized spacial score (nSPS) is 13.1. The maximum absolute atomic E-state index is 13.8. The summed E-state index contributed by atoms with van der Waals surface area (Å²) in [7, 11) is 0. The average molecular weight is 239 g/mol. The van der Waals surface area contributed by atoms with Gasteiger partial charge in [-0.25, -0.2) is 4.39 Å². The molecule has 0 aromatic heterocycles. The minimum absolute atomic E-state index is 0.318. The first-order chi connectivity index (χ1) is 7.91. The van der Waals surface area contributed by atoms with Crippen LogP contribution in [0.5, 0.6) is 0 Å². The summed E-state index contributed by atoms with van der Waals surface area (Å²) < 4.78 is 13.8. The second-order valence-electron chi connectivity index (χ2n) is 5.05. The molecular weight excluding hydrogens is 217 g/mol. The van der Waals surface area contributed by atoms with E-state index in [1.807, 2.05) is 19.9 Å². The Morgan fingerprint density at radius 1 is 1.24 bits per heavy atom. The molecule has 0 aliphatic heterocycles. The number of aliphatic hydroxyl groups is 1. The van der Waals surface area contributed by atoms with Gasteiger partial charge in [0.1, 0.15) is 5.82 Å². The molecule has 1 aromatic rings. The van der Waals surface area contributed by atoms with Crippen molar-refractivity contribution in [2.24, 2.45) is 5.92 Å². The van der Waals surface area contributed by atoms with E-state index in [0.717, 1.165) is 17.7 Å². The molecule has 0 bridgehead atoms. The SMILES string of the molecule is Cc1cc(C)c(C(O)CNCC(C)C)c(F)c1. The first-order valence-corrected chi connectivity index (χ1v) is 6.07. The van der Waals surface area contributed by atoms with Gasteiger partial charge in [-0.05, 0) is 43.5 Å². The molecule has 0 aliphatic rings. The second kappa shape index (κ2) is 6.12. The Labute approximate surface area is 103 Å². The third-order valence-corrected chi connectivity index (χ3v) is 2.70. The Balaban J connectivity index is 2.72. The molecule has 0 saturated carbocycles. The van der Waals surface area contributed by atoms with Crippen LogP contribution in [0.15, 0.2) is 12.1 Å². The van der Waals surface area contributed by atoms with Gasteiger partial charge in [0.15, 0.2) is 0 Å². The predicted octanol–water partition coefficient (Wildman–Crippen LogP) is 2.72. The summed E-state index contributed by atoms with van der Waals surface area (Å²) in [6.07, 6.45) is -0.783. The fraction of sp³-hybridized carbons (Fsp3) is 0.571. The highest BCUT2D eigenvalue weighted by molar-refractivity contribution is 5.33. The van der Waals surface area contributed by atoms with E-state index in [1.54, 1.807) is 0 Å². The van der Waals surface area contributed by atoms with Gasteiger partial charge in [0, 0.05) is 12.1 Å². The van der Waals surface area contributed by atoms with Crippen LogP contribution in [0.3, 0.4) is 0 Å². The van der Waals surface area contributed by atoms with Crippen LogP contribution in [0.2, 0.25) is 0 Å². The molecule has 1 unspecified atom stereocenters. The first kappa shape index (κ1) is 14.1. The molecular formula is C14H22FNO. The Hall–Kier alpha value is -0.930. The van der Waals surface area contributed by atoms with Crippen molar-refractivity contribution in [3.8, 4) is 0 Å². The van der Waals surface area contributed by atoms with Crippen LogP contribution in [0.1, 0.15) is 36.6 Å². The number of rotatable bonds is 5. The summed E-state index contributed by atoms with van der Waals surface area (Å²) in [5, 5.41) is 13.1. The van der Waals surface area contributed by atoms with Crippen molar-refractivity contribution >= 4 is 0 Å². The van der Waals surface area contributed by atoms with Crippen LogP contribution in [0, 0.1) is 25.6 Å². The molecule has 0 fully saturated rings. The molecule has 1 aromatic carbocycles. The molecule has 3 heteroatoms. The molecule has 96 valence electrons. The smallest absolute Gasteiger partial charge is 0.129 e. The number of aliphatic hydroxyl groups excluding tert-OH is 1. The van der Waals surface area contributed by atoms with Gasteiger partial charge in [-0.1, -0.05) is 19.9 Å². The van der Waals surface area contributed by atoms with Crippen molar-refractivity contribution in [3.05, 3.63) is 34.6 Å². The highest BCUT2D eigenvalue weighted by atomic mass is 19.1. The number of aryl methyl sites for hydroxylation is 2. The van der Waals surface area contributed by atoms with Crippen molar-refractivity contribution in [2.75, 3.05) is 13.1 Å². The molecule has 2 N–H and O–H groups in total. The molecule has 1 atom stereocenters. The zero-order valence-electron chi connectivity index (χ0n) is 11.0. The van der Waals surface area contributed by atoms with Gasteiger partial charge in [-0.3, -0.25) is 0 Å². The molecule has 0 spiro atoms. The first-order valence-electron chi connectivity index (χ1n) is 6.07. The summed E-state index contributed by atoms with van der Waals surface area (Å²) in [6, 6.07) is 3.36. The van der Waals surface area contributed by atoms with Crippen molar-refractivity contribution in [2.45, 2.75) is 33.8 Å². The molecule has 17 heavy (non-hydrogen) atoms. The number of halogens is 1. The molecule has 0 heterocycles. The third kappa shape index (κ3) is 4.10. The lowest BCUT2D eigenvalue weighted by Crippen LogP contribution is -2.26. The third-order valence-electron chi connectivity index (χ3n) is 2.70. The van der Waals surface area contributed by atoms with Crippen molar-refractivity contribution < 1.29 is 9.50 Å². The van der Waals surface area contributed by atoms with Gasteiger partial charge < -0.3 is 10.4 Å². The van der Waals surface area contributed by atoms with Crippen molar-refractivity contribution in [1.29, 1.82) is 0 Å². The van der Waals surface area contributed by atoms with Crippen LogP contribution >= 0.6 is 0 Å². The van der Waals surface area contributed by atoms with Gasteiger partial charge in [0.25, 0.3) is 0 Å². The maximum atomic E-state index is 13.8. The Morgan fingerprint density at radius 2 is 1.88 bits per heavy atom. The quantitative estimate of drug-likeness (QED) is 0.828. The number of nitrogens with one attached hydrogen (secondary N) is 1. The lowest BCUT2D eigenvalue weighted by atomic mass is 10.00. The summed E-state index contributed by atoms with van der Waals surface area (Å²) >= 11 is 0. The predicted molar refractivity (Wildman–Crippen MR) is 68.5 cm³/mol. The summed E-state index contributed by atoms with van der Waals surface area (Å²) in [5.41, 5.74) is 2.10. The molecule has 0 amide bonds. The molecule has 1 rings (SSSR count). The number of benzene rings is 1. The summed E-state index contributed by atoms with van der Waals surface area (Å²) in [6.45, 7) is 9.08. The molecule has 2 nitrogen and oxygen atoms in total. The Bertz CT molecular complexity index is 353. The van der Waals surface area contributed by atoms with E-state index in [2.05, 4.69) is 19.2 Å². The van der Waals surface area contributed by atoms with Crippen LogP contribution in [-0.4, -0.2) is 18.2 Å². The van der Waals surface area contributed by atoms with E-state index in [4.69, 9.17) is 0 Å². The van der Waals surface area contributed by atoms with Gasteiger partial charge in [0.2, 0.25) is 0 Å². The molecule has 0 aliphatic carbocycles. The summed E-state index contributed by atoms with van der Waals surface area (Å²) in [5.74, 6) is 0.201. The van der Waals surface area contributed by atoms with Gasteiger partial charge >= 0.3 is 0 Å². The molecule has 0 radical (unpaired) electrons. The van der Waals surface area contributed by atoms with E-state index in [1.165, 1.54) is 6.07 Å². The second-order valence-corrected chi connectivity index (χ2v) is 5.05. The zero-order chi connectivity index (χ0) is 13.0. The van der Waals surface area contributed by atoms with Crippen LogP contribution in [0.4, 0.5) is 4.39 Å². The fourth-order valence-electron chi connectivity index (χ4n) is 1.96. The van der Waals surface area contributed by atoms with Crippen LogP contribution < -0.4 is 5.32 Å². The number of hydrogen-bond donors (Lipinski definition) is 2. The van der Waals surface area contributed by atoms with E-state index in [9.17, 15) is 9.50 Å². The standard InChI is InChI=1S/C14H22FNO/c1-9(2)7-16-8-13(17)14-11(4)5-10(3)6-12(14)15/h5-6,9,13,16-17H,7-8H2,1-4H3. The van der Waals surface area contributed by atoms with Crippen molar-refractivity contribution in [3.63, 3.8) is 0 Å². The number of hydrogen-bond acceptors (Lipinski definition) is 2.